The van der Waals surface area contributed by atoms with Gasteiger partial charge in [0.15, 0.2) is 0 Å². The number of nitrogens with one attached hydrogen (secondary N) is 1. The van der Waals surface area contributed by atoms with Crippen molar-refractivity contribution in [2.75, 3.05) is 5.75 Å². The van der Waals surface area contributed by atoms with Crippen LogP contribution in [0.2, 0.25) is 5.02 Å². The highest BCUT2D eigenvalue weighted by Gasteiger charge is 2.23. The fraction of sp³-hybridized carbons (Fsp3) is 0.217. The van der Waals surface area contributed by atoms with E-state index >= 15 is 0 Å². The van der Waals surface area contributed by atoms with Crippen LogP contribution in [-0.4, -0.2) is 16.9 Å². The highest BCUT2D eigenvalue weighted by molar-refractivity contribution is 7.99. The Kier molecular flexibility index (Phi) is 7.36. The van der Waals surface area contributed by atoms with E-state index in [2.05, 4.69) is 24.4 Å². The first-order valence-electron chi connectivity index (χ1n) is 9.06. The van der Waals surface area contributed by atoms with Crippen LogP contribution in [0.4, 0.5) is 0 Å². The summed E-state index contributed by atoms with van der Waals surface area (Å²) in [7, 11) is 0. The van der Waals surface area contributed by atoms with Gasteiger partial charge in [-0.05, 0) is 42.3 Å². The predicted molar refractivity (Wildman–Crippen MR) is 115 cm³/mol. The van der Waals surface area contributed by atoms with E-state index in [-0.39, 0.29) is 12.1 Å². The van der Waals surface area contributed by atoms with Gasteiger partial charge in [0.05, 0.1) is 6.10 Å². The molecule has 2 N–H and O–H groups in total. The molecule has 140 valence electrons. The summed E-state index contributed by atoms with van der Waals surface area (Å²) in [6.07, 6.45) is -0.586. The minimum Gasteiger partial charge on any atom is -0.387 e. The fourth-order valence-electron chi connectivity index (χ4n) is 2.99. The average Bonchev–Trinajstić information content (AvgIpc) is 2.73. The van der Waals surface area contributed by atoms with E-state index in [1.54, 1.807) is 11.8 Å². The van der Waals surface area contributed by atoms with Crippen LogP contribution in [0, 0.1) is 0 Å². The van der Waals surface area contributed by atoms with Crippen LogP contribution in [0.5, 0.6) is 0 Å². The van der Waals surface area contributed by atoms with Gasteiger partial charge < -0.3 is 10.4 Å². The minimum absolute atomic E-state index is 0.0942. The van der Waals surface area contributed by atoms with Crippen molar-refractivity contribution < 1.29 is 5.11 Å². The molecule has 0 aliphatic rings. The molecule has 3 rings (SSSR count). The largest absolute Gasteiger partial charge is 0.387 e. The molecule has 0 heterocycles. The second kappa shape index (κ2) is 9.95. The van der Waals surface area contributed by atoms with Crippen molar-refractivity contribution in [1.29, 1.82) is 0 Å². The summed E-state index contributed by atoms with van der Waals surface area (Å²) >= 11 is 7.70. The van der Waals surface area contributed by atoms with E-state index in [0.29, 0.717) is 0 Å². The molecule has 3 aromatic rings. The third-order valence-corrected chi connectivity index (χ3v) is 5.91. The maximum absolute atomic E-state index is 11.0. The highest BCUT2D eigenvalue weighted by atomic mass is 35.5. The van der Waals surface area contributed by atoms with Crippen molar-refractivity contribution in [3.63, 3.8) is 0 Å². The molecule has 0 amide bonds. The molecule has 0 aromatic heterocycles. The number of thioether (sulfide) groups is 1. The van der Waals surface area contributed by atoms with Gasteiger partial charge >= 0.3 is 0 Å². The Hall–Kier alpha value is -1.78. The summed E-state index contributed by atoms with van der Waals surface area (Å²) in [6, 6.07) is 28.0. The molecule has 0 bridgehead atoms. The molecule has 27 heavy (non-hydrogen) atoms. The molecule has 3 atom stereocenters. The second-order valence-corrected chi connectivity index (χ2v) is 8.06. The number of aliphatic hydroxyl groups excluding tert-OH is 1. The van der Waals surface area contributed by atoms with Gasteiger partial charge in [-0.3, -0.25) is 0 Å². The van der Waals surface area contributed by atoms with Crippen LogP contribution in [0.3, 0.4) is 0 Å². The number of benzene rings is 3. The van der Waals surface area contributed by atoms with E-state index in [9.17, 15) is 5.11 Å². The normalized spacial score (nSPS) is 14.5. The zero-order chi connectivity index (χ0) is 19.1. The zero-order valence-electron chi connectivity index (χ0n) is 15.3. The standard InChI is InChI=1S/C23H24ClNOS/c1-17(18-8-4-2-5-9-18)25-22(23(26)19-10-6-3-7-11-19)16-27-21-14-12-20(24)13-15-21/h2-15,17,22-23,25-26H,16H2,1H3/t17-,22-,23+/m0/s1. The Balaban J connectivity index is 1.74. The van der Waals surface area contributed by atoms with Crippen molar-refractivity contribution in [2.45, 2.75) is 30.0 Å². The molecule has 2 nitrogen and oxygen atoms in total. The molecule has 0 spiro atoms. The van der Waals surface area contributed by atoms with Crippen molar-refractivity contribution in [2.24, 2.45) is 0 Å². The average molecular weight is 398 g/mol. The third kappa shape index (κ3) is 5.85. The second-order valence-electron chi connectivity index (χ2n) is 6.53. The van der Waals surface area contributed by atoms with Crippen LogP contribution in [0.25, 0.3) is 0 Å². The summed E-state index contributed by atoms with van der Waals surface area (Å²) in [6.45, 7) is 2.13. The molecule has 4 heteroatoms. The van der Waals surface area contributed by atoms with Gasteiger partial charge in [-0.1, -0.05) is 72.3 Å². The first-order valence-corrected chi connectivity index (χ1v) is 10.4. The maximum Gasteiger partial charge on any atom is 0.0951 e. The van der Waals surface area contributed by atoms with Crippen molar-refractivity contribution in [3.8, 4) is 0 Å². The lowest BCUT2D eigenvalue weighted by molar-refractivity contribution is 0.132. The quantitative estimate of drug-likeness (QED) is 0.465. The molecule has 0 saturated carbocycles. The summed E-state index contributed by atoms with van der Waals surface area (Å²) in [5.41, 5.74) is 2.13. The molecule has 0 radical (unpaired) electrons. The molecule has 0 unspecified atom stereocenters. The Morgan fingerprint density at radius 2 is 1.41 bits per heavy atom. The van der Waals surface area contributed by atoms with Gasteiger partial charge in [-0.25, -0.2) is 0 Å². The first kappa shape index (κ1) is 20.0. The Morgan fingerprint density at radius 3 is 2.00 bits per heavy atom. The third-order valence-electron chi connectivity index (χ3n) is 4.53. The maximum atomic E-state index is 11.0. The molecule has 0 fully saturated rings. The van der Waals surface area contributed by atoms with Gasteiger partial charge in [-0.15, -0.1) is 11.8 Å². The SMILES string of the molecule is C[C@H](N[C@@H](CSc1ccc(Cl)cc1)[C@H](O)c1ccccc1)c1ccccc1. The van der Waals surface area contributed by atoms with Crippen LogP contribution in [0.15, 0.2) is 89.8 Å². The van der Waals surface area contributed by atoms with Crippen LogP contribution in [0.1, 0.15) is 30.2 Å². The summed E-state index contributed by atoms with van der Waals surface area (Å²) in [5.74, 6) is 0.745. The lowest BCUT2D eigenvalue weighted by Gasteiger charge is -2.28. The number of rotatable bonds is 8. The molecular weight excluding hydrogens is 374 g/mol. The number of halogens is 1. The lowest BCUT2D eigenvalue weighted by Crippen LogP contribution is -2.38. The molecule has 3 aromatic carbocycles. The summed E-state index contributed by atoms with van der Waals surface area (Å²) < 4.78 is 0. The van der Waals surface area contributed by atoms with E-state index in [4.69, 9.17) is 11.6 Å². The first-order chi connectivity index (χ1) is 13.1. The molecule has 0 saturated heterocycles. The summed E-state index contributed by atoms with van der Waals surface area (Å²) in [5, 5.41) is 15.3. The zero-order valence-corrected chi connectivity index (χ0v) is 16.8. The topological polar surface area (TPSA) is 32.3 Å². The molecule has 0 aliphatic carbocycles. The van der Waals surface area contributed by atoms with Crippen LogP contribution < -0.4 is 5.32 Å². The van der Waals surface area contributed by atoms with E-state index in [1.165, 1.54) is 5.56 Å². The Morgan fingerprint density at radius 1 is 0.852 bits per heavy atom. The fourth-order valence-corrected chi connectivity index (χ4v) is 4.09. The Labute approximate surface area is 170 Å². The number of hydrogen-bond donors (Lipinski definition) is 2. The van der Waals surface area contributed by atoms with Gasteiger partial charge in [0.1, 0.15) is 0 Å². The monoisotopic (exact) mass is 397 g/mol. The van der Waals surface area contributed by atoms with Crippen LogP contribution >= 0.6 is 23.4 Å². The number of aliphatic hydroxyl groups is 1. The minimum atomic E-state index is -0.586. The van der Waals surface area contributed by atoms with E-state index in [1.807, 2.05) is 72.8 Å². The number of hydrogen-bond acceptors (Lipinski definition) is 3. The summed E-state index contributed by atoms with van der Waals surface area (Å²) in [4.78, 5) is 1.14. The van der Waals surface area contributed by atoms with Gasteiger partial charge in [0.25, 0.3) is 0 Å². The van der Waals surface area contributed by atoms with Gasteiger partial charge in [0, 0.05) is 27.8 Å². The van der Waals surface area contributed by atoms with Crippen molar-refractivity contribution in [1.82, 2.24) is 5.32 Å². The van der Waals surface area contributed by atoms with E-state index < -0.39 is 6.10 Å². The highest BCUT2D eigenvalue weighted by Crippen LogP contribution is 2.27. The smallest absolute Gasteiger partial charge is 0.0951 e. The van der Waals surface area contributed by atoms with Crippen molar-refractivity contribution in [3.05, 3.63) is 101 Å². The molecule has 0 aliphatic heterocycles. The van der Waals surface area contributed by atoms with Crippen molar-refractivity contribution >= 4 is 23.4 Å². The Bertz CT molecular complexity index is 811. The predicted octanol–water partition coefficient (Wildman–Crippen LogP) is 5.89. The van der Waals surface area contributed by atoms with Gasteiger partial charge in [-0.2, -0.15) is 0 Å². The molecular formula is C23H24ClNOS. The van der Waals surface area contributed by atoms with Gasteiger partial charge in [0.2, 0.25) is 0 Å². The lowest BCUT2D eigenvalue weighted by atomic mass is 10.0. The van der Waals surface area contributed by atoms with Crippen LogP contribution in [-0.2, 0) is 0 Å². The van der Waals surface area contributed by atoms with E-state index in [0.717, 1.165) is 21.2 Å².